The van der Waals surface area contributed by atoms with Crippen LogP contribution >= 0.6 is 15.9 Å². The van der Waals surface area contributed by atoms with Crippen molar-refractivity contribution in [3.8, 4) is 6.07 Å². The Morgan fingerprint density at radius 3 is 2.47 bits per heavy atom. The van der Waals surface area contributed by atoms with Crippen LogP contribution in [0.4, 0.5) is 5.69 Å². The van der Waals surface area contributed by atoms with Gasteiger partial charge in [-0.2, -0.15) is 5.26 Å². The monoisotopic (exact) mass is 294 g/mol. The summed E-state index contributed by atoms with van der Waals surface area (Å²) in [7, 11) is 2.10. The van der Waals surface area contributed by atoms with Crippen molar-refractivity contribution in [3.63, 3.8) is 0 Å². The van der Waals surface area contributed by atoms with Crippen LogP contribution in [0, 0.1) is 17.2 Å². The maximum Gasteiger partial charge on any atom is 0.0992 e. The minimum absolute atomic E-state index is 0.485. The zero-order valence-corrected chi connectivity index (χ0v) is 12.5. The van der Waals surface area contributed by atoms with Crippen molar-refractivity contribution < 1.29 is 0 Å². The molecule has 1 rings (SSSR count). The Morgan fingerprint density at radius 2 is 2.00 bits per heavy atom. The van der Waals surface area contributed by atoms with E-state index >= 15 is 0 Å². The smallest absolute Gasteiger partial charge is 0.0992 e. The number of nitrogens with zero attached hydrogens (tertiary/aromatic N) is 2. The summed E-state index contributed by atoms with van der Waals surface area (Å²) in [5, 5.41) is 8.84. The first-order chi connectivity index (χ1) is 7.95. The fourth-order valence-electron chi connectivity index (χ4n) is 1.94. The molecule has 0 heterocycles. The molecule has 0 saturated heterocycles. The Labute approximate surface area is 112 Å². The van der Waals surface area contributed by atoms with Crippen molar-refractivity contribution in [3.05, 3.63) is 28.2 Å². The number of hydrogen-bond acceptors (Lipinski definition) is 2. The summed E-state index contributed by atoms with van der Waals surface area (Å²) in [6.45, 7) is 6.70. The van der Waals surface area contributed by atoms with Crippen molar-refractivity contribution in [1.82, 2.24) is 0 Å². The SMILES string of the molecule is CC(C)CC(C)N(C)c1ccc(C#N)cc1Br. The molecule has 1 aromatic carbocycles. The second kappa shape index (κ2) is 6.07. The Kier molecular flexibility index (Phi) is 5.02. The van der Waals surface area contributed by atoms with Gasteiger partial charge in [0.1, 0.15) is 0 Å². The molecule has 0 radical (unpaired) electrons. The number of rotatable bonds is 4. The zero-order valence-electron chi connectivity index (χ0n) is 10.9. The average molecular weight is 295 g/mol. The second-order valence-corrected chi connectivity index (χ2v) is 5.72. The van der Waals surface area contributed by atoms with Gasteiger partial charge in [-0.25, -0.2) is 0 Å². The predicted octanol–water partition coefficient (Wildman–Crippen LogP) is 4.19. The molecule has 92 valence electrons. The molecule has 0 aromatic heterocycles. The maximum atomic E-state index is 8.84. The lowest BCUT2D eigenvalue weighted by atomic mass is 10.0. The van der Waals surface area contributed by atoms with Gasteiger partial charge < -0.3 is 4.90 Å². The lowest BCUT2D eigenvalue weighted by Crippen LogP contribution is -2.30. The number of nitriles is 1. The van der Waals surface area contributed by atoms with Gasteiger partial charge in [0.25, 0.3) is 0 Å². The number of benzene rings is 1. The van der Waals surface area contributed by atoms with E-state index in [1.54, 1.807) is 0 Å². The molecule has 1 unspecified atom stereocenters. The van der Waals surface area contributed by atoms with Gasteiger partial charge in [-0.05, 0) is 53.4 Å². The molecule has 3 heteroatoms. The third-order valence-electron chi connectivity index (χ3n) is 2.93. The Balaban J connectivity index is 2.89. The molecule has 0 aliphatic carbocycles. The van der Waals surface area contributed by atoms with E-state index in [-0.39, 0.29) is 0 Å². The van der Waals surface area contributed by atoms with Crippen molar-refractivity contribution >= 4 is 21.6 Å². The standard InChI is InChI=1S/C14H19BrN2/c1-10(2)7-11(3)17(4)14-6-5-12(9-16)8-13(14)15/h5-6,8,10-11H,7H2,1-4H3. The highest BCUT2D eigenvalue weighted by atomic mass is 79.9. The summed E-state index contributed by atoms with van der Waals surface area (Å²) in [6.07, 6.45) is 1.16. The first-order valence-electron chi connectivity index (χ1n) is 5.88. The summed E-state index contributed by atoms with van der Waals surface area (Å²) >= 11 is 3.53. The fraction of sp³-hybridized carbons (Fsp3) is 0.500. The van der Waals surface area contributed by atoms with Crippen LogP contribution in [0.1, 0.15) is 32.8 Å². The van der Waals surface area contributed by atoms with Crippen LogP contribution < -0.4 is 4.90 Å². The van der Waals surface area contributed by atoms with E-state index < -0.39 is 0 Å². The van der Waals surface area contributed by atoms with Crippen molar-refractivity contribution in [2.24, 2.45) is 5.92 Å². The van der Waals surface area contributed by atoms with Gasteiger partial charge in [-0.3, -0.25) is 0 Å². The Morgan fingerprint density at radius 1 is 1.35 bits per heavy atom. The lowest BCUT2D eigenvalue weighted by molar-refractivity contribution is 0.504. The van der Waals surface area contributed by atoms with E-state index in [1.165, 1.54) is 0 Å². The molecule has 0 fully saturated rings. The van der Waals surface area contributed by atoms with Gasteiger partial charge in [-0.15, -0.1) is 0 Å². The quantitative estimate of drug-likeness (QED) is 0.832. The molecular formula is C14H19BrN2. The van der Waals surface area contributed by atoms with Crippen LogP contribution in [0.2, 0.25) is 0 Å². The van der Waals surface area contributed by atoms with Gasteiger partial charge >= 0.3 is 0 Å². The van der Waals surface area contributed by atoms with Crippen LogP contribution in [-0.2, 0) is 0 Å². The molecular weight excluding hydrogens is 276 g/mol. The van der Waals surface area contributed by atoms with Crippen molar-refractivity contribution in [2.45, 2.75) is 33.2 Å². The molecule has 1 aromatic rings. The summed E-state index contributed by atoms with van der Waals surface area (Å²) in [5.41, 5.74) is 1.82. The van der Waals surface area contributed by atoms with E-state index in [0.717, 1.165) is 16.6 Å². The summed E-state index contributed by atoms with van der Waals surface area (Å²) in [6, 6.07) is 8.36. The minimum Gasteiger partial charge on any atom is -0.371 e. The van der Waals surface area contributed by atoms with Crippen LogP contribution in [0.15, 0.2) is 22.7 Å². The molecule has 1 atom stereocenters. The molecule has 0 N–H and O–H groups in total. The van der Waals surface area contributed by atoms with Crippen molar-refractivity contribution in [2.75, 3.05) is 11.9 Å². The Bertz CT molecular complexity index is 421. The normalized spacial score (nSPS) is 12.3. The van der Waals surface area contributed by atoms with Gasteiger partial charge in [0, 0.05) is 17.6 Å². The molecule has 0 aliphatic heterocycles. The molecule has 0 saturated carbocycles. The number of hydrogen-bond donors (Lipinski definition) is 0. The molecule has 17 heavy (non-hydrogen) atoms. The third kappa shape index (κ3) is 3.74. The van der Waals surface area contributed by atoms with E-state index in [1.807, 2.05) is 18.2 Å². The molecule has 2 nitrogen and oxygen atoms in total. The van der Waals surface area contributed by atoms with E-state index in [9.17, 15) is 0 Å². The largest absolute Gasteiger partial charge is 0.371 e. The Hall–Kier alpha value is -1.01. The highest BCUT2D eigenvalue weighted by Crippen LogP contribution is 2.28. The third-order valence-corrected chi connectivity index (χ3v) is 3.57. The van der Waals surface area contributed by atoms with Crippen LogP contribution in [0.25, 0.3) is 0 Å². The maximum absolute atomic E-state index is 8.84. The van der Waals surface area contributed by atoms with Gasteiger partial charge in [0.2, 0.25) is 0 Å². The predicted molar refractivity (Wildman–Crippen MR) is 76.2 cm³/mol. The molecule has 0 bridgehead atoms. The number of halogens is 1. The van der Waals surface area contributed by atoms with Crippen LogP contribution in [0.5, 0.6) is 0 Å². The molecule has 0 amide bonds. The molecule has 0 aliphatic rings. The van der Waals surface area contributed by atoms with Gasteiger partial charge in [0.15, 0.2) is 0 Å². The van der Waals surface area contributed by atoms with E-state index in [4.69, 9.17) is 5.26 Å². The first-order valence-corrected chi connectivity index (χ1v) is 6.67. The highest BCUT2D eigenvalue weighted by Gasteiger charge is 2.14. The lowest BCUT2D eigenvalue weighted by Gasteiger charge is -2.29. The summed E-state index contributed by atoms with van der Waals surface area (Å²) in [4.78, 5) is 2.26. The summed E-state index contributed by atoms with van der Waals surface area (Å²) in [5.74, 6) is 0.685. The van der Waals surface area contributed by atoms with Gasteiger partial charge in [-0.1, -0.05) is 13.8 Å². The van der Waals surface area contributed by atoms with Crippen LogP contribution in [-0.4, -0.2) is 13.1 Å². The van der Waals surface area contributed by atoms with Crippen molar-refractivity contribution in [1.29, 1.82) is 5.26 Å². The van der Waals surface area contributed by atoms with Gasteiger partial charge in [0.05, 0.1) is 17.3 Å². The minimum atomic E-state index is 0.485. The average Bonchev–Trinajstić information content (AvgIpc) is 2.27. The zero-order chi connectivity index (χ0) is 13.0. The summed E-state index contributed by atoms with van der Waals surface area (Å²) < 4.78 is 0.981. The fourth-order valence-corrected chi connectivity index (χ4v) is 2.60. The highest BCUT2D eigenvalue weighted by molar-refractivity contribution is 9.10. The van der Waals surface area contributed by atoms with Crippen LogP contribution in [0.3, 0.4) is 0 Å². The van der Waals surface area contributed by atoms with E-state index in [0.29, 0.717) is 17.5 Å². The first kappa shape index (κ1) is 14.1. The topological polar surface area (TPSA) is 27.0 Å². The van der Waals surface area contributed by atoms with E-state index in [2.05, 4.69) is 54.7 Å². The molecule has 0 spiro atoms. The second-order valence-electron chi connectivity index (χ2n) is 4.87. The number of anilines is 1.